The number of carboxylic acid groups (broad SMARTS) is 1. The van der Waals surface area contributed by atoms with Gasteiger partial charge in [-0.05, 0) is 6.42 Å². The molecule has 0 aliphatic heterocycles. The second-order valence-electron chi connectivity index (χ2n) is 1.65. The molecule has 0 aromatic heterocycles. The van der Waals surface area contributed by atoms with E-state index in [0.717, 1.165) is 6.42 Å². The summed E-state index contributed by atoms with van der Waals surface area (Å²) in [6.07, 6.45) is 0.718. The molecule has 0 aliphatic carbocycles. The van der Waals surface area contributed by atoms with Crippen molar-refractivity contribution < 1.29 is 26.7 Å². The van der Waals surface area contributed by atoms with Gasteiger partial charge >= 0.3 is 5.97 Å². The minimum absolute atomic E-state index is 0. The van der Waals surface area contributed by atoms with Crippen LogP contribution in [0.5, 0.6) is 0 Å². The van der Waals surface area contributed by atoms with E-state index < -0.39 is 5.97 Å². The van der Waals surface area contributed by atoms with Crippen molar-refractivity contribution in [2.45, 2.75) is 20.3 Å². The number of carbonyl (C=O) groups is 1. The smallest absolute Gasteiger partial charge is 0.306 e. The largest absolute Gasteiger partial charge is 0.481 e. The molecule has 0 aliphatic rings. The summed E-state index contributed by atoms with van der Waals surface area (Å²) in [5, 5.41) is 8.18. The first-order valence-corrected chi connectivity index (χ1v) is 2.41. The van der Waals surface area contributed by atoms with Crippen LogP contribution in [-0.2, 0) is 21.6 Å². The zero-order chi connectivity index (χ0) is 5.86. The molecule has 51 valence electrons. The van der Waals surface area contributed by atoms with Crippen LogP contribution >= 0.6 is 0 Å². The van der Waals surface area contributed by atoms with E-state index in [1.54, 1.807) is 6.92 Å². The summed E-state index contributed by atoms with van der Waals surface area (Å²) in [7, 11) is 0. The fraction of sp³-hybridized carbons (Fsp3) is 0.800. The van der Waals surface area contributed by atoms with Crippen LogP contribution in [0, 0.1) is 5.92 Å². The van der Waals surface area contributed by atoms with Gasteiger partial charge < -0.3 is 5.11 Å². The summed E-state index contributed by atoms with van der Waals surface area (Å²) in [6, 6.07) is 0. The zero-order valence-corrected chi connectivity index (χ0v) is 6.01. The molecule has 0 fully saturated rings. The zero-order valence-electron chi connectivity index (χ0n) is 4.97. The molecule has 3 heteroatoms. The Kier molecular flexibility index (Phi) is 6.96. The normalized spacial score (nSPS) is 11.8. The van der Waals surface area contributed by atoms with Crippen molar-refractivity contribution in [3.63, 3.8) is 0 Å². The van der Waals surface area contributed by atoms with E-state index in [-0.39, 0.29) is 22.7 Å². The van der Waals surface area contributed by atoms with Gasteiger partial charge in [0, 0.05) is 16.8 Å². The molecule has 1 atom stereocenters. The molecule has 0 aromatic carbocycles. The van der Waals surface area contributed by atoms with E-state index in [4.69, 9.17) is 5.11 Å². The topological polar surface area (TPSA) is 37.3 Å². The molecule has 2 nitrogen and oxygen atoms in total. The Bertz CT molecular complexity index is 72.8. The van der Waals surface area contributed by atoms with Gasteiger partial charge in [0.2, 0.25) is 0 Å². The molecular weight excluding hydrogens is 151 g/mol. The molecule has 0 amide bonds. The molecule has 0 heterocycles. The van der Waals surface area contributed by atoms with Gasteiger partial charge in [0.15, 0.2) is 0 Å². The molecule has 1 radical (unpaired) electrons. The Labute approximate surface area is 59.5 Å². The summed E-state index contributed by atoms with van der Waals surface area (Å²) in [4.78, 5) is 9.93. The molecule has 0 rings (SSSR count). The summed E-state index contributed by atoms with van der Waals surface area (Å²) in [5.74, 6) is -0.887. The Hall–Kier alpha value is -0.0235. The van der Waals surface area contributed by atoms with E-state index in [1.807, 2.05) is 6.92 Å². The van der Waals surface area contributed by atoms with Crippen LogP contribution in [0.4, 0.5) is 0 Å². The van der Waals surface area contributed by atoms with Crippen molar-refractivity contribution in [3.8, 4) is 0 Å². The van der Waals surface area contributed by atoms with Gasteiger partial charge in [-0.25, -0.2) is 0 Å². The SMILES string of the molecule is CC[C@@H](C)C(=O)O.[Co]. The van der Waals surface area contributed by atoms with Crippen LogP contribution in [0.3, 0.4) is 0 Å². The van der Waals surface area contributed by atoms with E-state index in [1.165, 1.54) is 0 Å². The van der Waals surface area contributed by atoms with Crippen molar-refractivity contribution in [3.05, 3.63) is 0 Å². The maximum Gasteiger partial charge on any atom is 0.306 e. The van der Waals surface area contributed by atoms with Gasteiger partial charge in [-0.15, -0.1) is 0 Å². The van der Waals surface area contributed by atoms with Crippen molar-refractivity contribution >= 4 is 5.97 Å². The summed E-state index contributed by atoms with van der Waals surface area (Å²) in [6.45, 7) is 3.56. The molecule has 0 saturated heterocycles. The van der Waals surface area contributed by atoms with Crippen molar-refractivity contribution in [2.75, 3.05) is 0 Å². The van der Waals surface area contributed by atoms with Crippen LogP contribution in [-0.4, -0.2) is 11.1 Å². The third-order valence-corrected chi connectivity index (χ3v) is 1.03. The molecule has 0 aromatic rings. The first-order chi connectivity index (χ1) is 3.18. The number of hydrogen-bond donors (Lipinski definition) is 1. The Morgan fingerprint density at radius 2 is 2.12 bits per heavy atom. The van der Waals surface area contributed by atoms with Gasteiger partial charge in [0.1, 0.15) is 0 Å². The van der Waals surface area contributed by atoms with Gasteiger partial charge in [-0.3, -0.25) is 4.79 Å². The Morgan fingerprint density at radius 1 is 1.75 bits per heavy atom. The summed E-state index contributed by atoms with van der Waals surface area (Å²) >= 11 is 0. The number of carboxylic acids is 1. The molecular formula is C5H10CoO2. The predicted molar refractivity (Wildman–Crippen MR) is 27.1 cm³/mol. The van der Waals surface area contributed by atoms with Crippen LogP contribution < -0.4 is 0 Å². The first-order valence-electron chi connectivity index (χ1n) is 2.41. The Balaban J connectivity index is 0. The van der Waals surface area contributed by atoms with E-state index in [9.17, 15) is 4.79 Å². The average molecular weight is 161 g/mol. The van der Waals surface area contributed by atoms with Crippen LogP contribution in [0.25, 0.3) is 0 Å². The van der Waals surface area contributed by atoms with E-state index in [0.29, 0.717) is 0 Å². The molecule has 0 bridgehead atoms. The number of hydrogen-bond acceptors (Lipinski definition) is 1. The predicted octanol–water partition coefficient (Wildman–Crippen LogP) is 1.11. The third kappa shape index (κ3) is 4.14. The standard InChI is InChI=1S/C5H10O2.Co/c1-3-4(2)5(6)7;/h4H,3H2,1-2H3,(H,6,7);/t4-;/m1./s1. The first kappa shape index (κ1) is 10.9. The molecule has 1 N–H and O–H groups in total. The van der Waals surface area contributed by atoms with Crippen molar-refractivity contribution in [1.29, 1.82) is 0 Å². The minimum Gasteiger partial charge on any atom is -0.481 e. The Morgan fingerprint density at radius 3 is 2.12 bits per heavy atom. The number of rotatable bonds is 2. The monoisotopic (exact) mass is 161 g/mol. The fourth-order valence-corrected chi connectivity index (χ4v) is 0.175. The average Bonchev–Trinajstić information content (AvgIpc) is 1.65. The molecule has 0 unspecified atom stereocenters. The maximum atomic E-state index is 9.93. The van der Waals surface area contributed by atoms with Crippen molar-refractivity contribution in [2.24, 2.45) is 5.92 Å². The van der Waals surface area contributed by atoms with Gasteiger partial charge in [0.25, 0.3) is 0 Å². The van der Waals surface area contributed by atoms with E-state index in [2.05, 4.69) is 0 Å². The maximum absolute atomic E-state index is 9.93. The second kappa shape index (κ2) is 5.12. The quantitative estimate of drug-likeness (QED) is 0.658. The molecule has 0 saturated carbocycles. The molecule has 0 spiro atoms. The van der Waals surface area contributed by atoms with Gasteiger partial charge in [0.05, 0.1) is 5.92 Å². The van der Waals surface area contributed by atoms with Crippen molar-refractivity contribution in [1.82, 2.24) is 0 Å². The number of aliphatic carboxylic acids is 1. The van der Waals surface area contributed by atoms with Crippen LogP contribution in [0.1, 0.15) is 20.3 Å². The summed E-state index contributed by atoms with van der Waals surface area (Å²) in [5.41, 5.74) is 0. The fourth-order valence-electron chi connectivity index (χ4n) is 0.175. The minimum atomic E-state index is -0.706. The summed E-state index contributed by atoms with van der Waals surface area (Å²) < 4.78 is 0. The molecule has 8 heavy (non-hydrogen) atoms. The second-order valence-corrected chi connectivity index (χ2v) is 1.65. The van der Waals surface area contributed by atoms with Crippen LogP contribution in [0.15, 0.2) is 0 Å². The van der Waals surface area contributed by atoms with E-state index >= 15 is 0 Å². The van der Waals surface area contributed by atoms with Crippen LogP contribution in [0.2, 0.25) is 0 Å². The van der Waals surface area contributed by atoms with Gasteiger partial charge in [-0.1, -0.05) is 13.8 Å². The van der Waals surface area contributed by atoms with Gasteiger partial charge in [-0.2, -0.15) is 0 Å². The third-order valence-electron chi connectivity index (χ3n) is 1.03.